The molecule has 0 aromatic rings. The number of aliphatic carboxylic acids is 1. The van der Waals surface area contributed by atoms with E-state index in [-0.39, 0.29) is 12.4 Å². The summed E-state index contributed by atoms with van der Waals surface area (Å²) >= 11 is 0. The number of carboxylic acid groups (broad SMARTS) is 1. The summed E-state index contributed by atoms with van der Waals surface area (Å²) < 4.78 is 0. The van der Waals surface area contributed by atoms with Crippen molar-refractivity contribution in [1.29, 1.82) is 0 Å². The number of carbonyl (C=O) groups is 2. The van der Waals surface area contributed by atoms with E-state index in [1.165, 1.54) is 51.4 Å². The van der Waals surface area contributed by atoms with Crippen LogP contribution in [0.25, 0.3) is 0 Å². The summed E-state index contributed by atoms with van der Waals surface area (Å²) in [5, 5.41) is 9.13. The van der Waals surface area contributed by atoms with Gasteiger partial charge in [0, 0.05) is 13.0 Å². The summed E-state index contributed by atoms with van der Waals surface area (Å²) in [5.41, 5.74) is 12.8. The van der Waals surface area contributed by atoms with Crippen molar-refractivity contribution in [3.8, 4) is 0 Å². The zero-order valence-corrected chi connectivity index (χ0v) is 17.5. The molecule has 0 aliphatic rings. The van der Waals surface area contributed by atoms with Crippen LogP contribution in [0.2, 0.25) is 0 Å². The molecular weight excluding hydrogens is 360 g/mol. The zero-order valence-electron chi connectivity index (χ0n) is 17.5. The summed E-state index contributed by atoms with van der Waals surface area (Å²) in [6.07, 6.45) is 14.3. The first-order chi connectivity index (χ1) is 13.5. The summed E-state index contributed by atoms with van der Waals surface area (Å²) in [4.78, 5) is 31.5. The van der Waals surface area contributed by atoms with Gasteiger partial charge in [0.25, 0.3) is 0 Å². The van der Waals surface area contributed by atoms with Gasteiger partial charge in [0.05, 0.1) is 0 Å². The maximum atomic E-state index is 11.7. The Bertz CT molecular complexity index is 440. The molecular formula is C20H40N4O4. The highest BCUT2D eigenvalue weighted by Crippen LogP contribution is 2.12. The van der Waals surface area contributed by atoms with E-state index in [1.54, 1.807) is 0 Å². The molecule has 1 atom stereocenters. The van der Waals surface area contributed by atoms with Gasteiger partial charge in [0.15, 0.2) is 5.96 Å². The quantitative estimate of drug-likeness (QED) is 0.113. The van der Waals surface area contributed by atoms with E-state index in [0.29, 0.717) is 19.4 Å². The van der Waals surface area contributed by atoms with Crippen LogP contribution in [-0.4, -0.2) is 35.6 Å². The molecule has 0 unspecified atom stereocenters. The van der Waals surface area contributed by atoms with Gasteiger partial charge >= 0.3 is 11.9 Å². The Morgan fingerprint density at radius 2 is 1.46 bits per heavy atom. The predicted molar refractivity (Wildman–Crippen MR) is 112 cm³/mol. The lowest BCUT2D eigenvalue weighted by atomic mass is 10.1. The molecule has 0 aliphatic heterocycles. The van der Waals surface area contributed by atoms with Gasteiger partial charge in [0.1, 0.15) is 6.04 Å². The Balaban J connectivity index is 3.63. The lowest BCUT2D eigenvalue weighted by molar-refractivity contribution is -0.158. The summed E-state index contributed by atoms with van der Waals surface area (Å²) in [6, 6.07) is -0.963. The normalized spacial score (nSPS) is 11.8. The molecule has 0 amide bonds. The van der Waals surface area contributed by atoms with Crippen LogP contribution in [0.1, 0.15) is 96.8 Å². The van der Waals surface area contributed by atoms with Crippen LogP contribution in [0.3, 0.4) is 0 Å². The average molecular weight is 401 g/mol. The molecule has 28 heavy (non-hydrogen) atoms. The van der Waals surface area contributed by atoms with E-state index in [0.717, 1.165) is 19.3 Å². The molecule has 0 spiro atoms. The highest BCUT2D eigenvalue weighted by molar-refractivity contribution is 5.75. The Morgan fingerprint density at radius 3 is 1.96 bits per heavy atom. The number of carboxylic acids is 1. The van der Waals surface area contributed by atoms with Crippen molar-refractivity contribution in [2.75, 3.05) is 6.54 Å². The van der Waals surface area contributed by atoms with Crippen LogP contribution in [0, 0.1) is 0 Å². The monoisotopic (exact) mass is 400 g/mol. The van der Waals surface area contributed by atoms with Crippen LogP contribution >= 0.6 is 0 Å². The first-order valence-electron chi connectivity index (χ1n) is 10.7. The van der Waals surface area contributed by atoms with Gasteiger partial charge in [-0.1, -0.05) is 71.1 Å². The molecule has 0 fully saturated rings. The number of hydroxylamine groups is 1. The third kappa shape index (κ3) is 17.6. The SMILES string of the molecule is CCCCCCCCCCCCCC(=O)ON[C@@H](CCCN=C(N)N)C(=O)O. The Morgan fingerprint density at radius 1 is 0.929 bits per heavy atom. The minimum atomic E-state index is -1.08. The van der Waals surface area contributed by atoms with E-state index in [1.807, 2.05) is 0 Å². The van der Waals surface area contributed by atoms with Gasteiger partial charge in [-0.15, -0.1) is 5.48 Å². The van der Waals surface area contributed by atoms with E-state index >= 15 is 0 Å². The number of guanidine groups is 1. The number of hydrogen-bond donors (Lipinski definition) is 4. The van der Waals surface area contributed by atoms with Crippen LogP contribution < -0.4 is 16.9 Å². The second-order valence-corrected chi connectivity index (χ2v) is 7.22. The van der Waals surface area contributed by atoms with Crippen LogP contribution in [0.4, 0.5) is 0 Å². The predicted octanol–water partition coefficient (Wildman–Crippen LogP) is 3.24. The van der Waals surface area contributed by atoms with Crippen molar-refractivity contribution >= 4 is 17.9 Å². The molecule has 0 radical (unpaired) electrons. The van der Waals surface area contributed by atoms with Crippen LogP contribution in [0.5, 0.6) is 0 Å². The summed E-state index contributed by atoms with van der Waals surface area (Å²) in [5.74, 6) is -1.53. The van der Waals surface area contributed by atoms with Crippen molar-refractivity contribution in [3.63, 3.8) is 0 Å². The van der Waals surface area contributed by atoms with Crippen molar-refractivity contribution in [3.05, 3.63) is 0 Å². The molecule has 0 heterocycles. The molecule has 0 rings (SSSR count). The van der Waals surface area contributed by atoms with E-state index in [2.05, 4.69) is 17.4 Å². The molecule has 8 nitrogen and oxygen atoms in total. The van der Waals surface area contributed by atoms with Crippen molar-refractivity contribution < 1.29 is 19.5 Å². The number of carbonyl (C=O) groups excluding carboxylic acids is 1. The van der Waals surface area contributed by atoms with Gasteiger partial charge in [-0.3, -0.25) is 14.6 Å². The molecule has 0 aromatic heterocycles. The number of nitrogens with one attached hydrogen (secondary N) is 1. The fraction of sp³-hybridized carbons (Fsp3) is 0.850. The first-order valence-corrected chi connectivity index (χ1v) is 10.7. The van der Waals surface area contributed by atoms with Gasteiger partial charge in [-0.2, -0.15) is 0 Å². The minimum absolute atomic E-state index is 0.0294. The lowest BCUT2D eigenvalue weighted by Crippen LogP contribution is -2.38. The molecule has 0 bridgehead atoms. The Hall–Kier alpha value is -1.83. The molecule has 0 saturated carbocycles. The number of rotatable bonds is 19. The standard InChI is InChI=1S/C20H40N4O4/c1-2-3-4-5-6-7-8-9-10-11-12-15-18(25)28-24-17(19(26)27)14-13-16-23-20(21)22/h17,24H,2-16H2,1H3,(H,26,27)(H4,21,22,23)/t17-/m0/s1. The maximum Gasteiger partial charge on any atom is 0.324 e. The first kappa shape index (κ1) is 26.2. The van der Waals surface area contributed by atoms with E-state index in [4.69, 9.17) is 21.4 Å². The highest BCUT2D eigenvalue weighted by atomic mass is 16.7. The van der Waals surface area contributed by atoms with Crippen molar-refractivity contribution in [2.45, 2.75) is 103 Å². The Kier molecular flexibility index (Phi) is 17.3. The second kappa shape index (κ2) is 18.5. The molecule has 0 saturated heterocycles. The number of nitrogens with two attached hydrogens (primary N) is 2. The van der Waals surface area contributed by atoms with E-state index in [9.17, 15) is 9.59 Å². The van der Waals surface area contributed by atoms with Crippen LogP contribution in [-0.2, 0) is 14.4 Å². The van der Waals surface area contributed by atoms with Crippen LogP contribution in [0.15, 0.2) is 4.99 Å². The molecule has 0 aromatic carbocycles. The topological polar surface area (TPSA) is 140 Å². The summed E-state index contributed by atoms with van der Waals surface area (Å²) in [6.45, 7) is 2.56. The van der Waals surface area contributed by atoms with Crippen molar-refractivity contribution in [1.82, 2.24) is 5.48 Å². The fourth-order valence-electron chi connectivity index (χ4n) is 2.86. The number of nitrogens with zero attached hydrogens (tertiary/aromatic N) is 1. The third-order valence-corrected chi connectivity index (χ3v) is 4.54. The second-order valence-electron chi connectivity index (χ2n) is 7.22. The zero-order chi connectivity index (χ0) is 21.0. The maximum absolute atomic E-state index is 11.7. The largest absolute Gasteiger partial charge is 0.480 e. The minimum Gasteiger partial charge on any atom is -0.480 e. The van der Waals surface area contributed by atoms with Gasteiger partial charge in [-0.05, 0) is 19.3 Å². The number of aliphatic imine (C=N–C) groups is 1. The summed E-state index contributed by atoms with van der Waals surface area (Å²) in [7, 11) is 0. The molecule has 6 N–H and O–H groups in total. The Labute approximate surface area is 169 Å². The number of unbranched alkanes of at least 4 members (excludes halogenated alkanes) is 10. The fourth-order valence-corrected chi connectivity index (χ4v) is 2.86. The molecule has 164 valence electrons. The average Bonchev–Trinajstić information content (AvgIpc) is 2.64. The lowest BCUT2D eigenvalue weighted by Gasteiger charge is -2.13. The van der Waals surface area contributed by atoms with E-state index < -0.39 is 18.0 Å². The number of hydrogen-bond acceptors (Lipinski definition) is 5. The smallest absolute Gasteiger partial charge is 0.324 e. The van der Waals surface area contributed by atoms with Crippen molar-refractivity contribution in [2.24, 2.45) is 16.5 Å². The molecule has 8 heteroatoms. The van der Waals surface area contributed by atoms with Gasteiger partial charge < -0.3 is 21.4 Å². The molecule has 0 aliphatic carbocycles. The van der Waals surface area contributed by atoms with Gasteiger partial charge in [0.2, 0.25) is 0 Å². The third-order valence-electron chi connectivity index (χ3n) is 4.54. The highest BCUT2D eigenvalue weighted by Gasteiger charge is 2.18. The van der Waals surface area contributed by atoms with Gasteiger partial charge in [-0.25, -0.2) is 0 Å².